The topological polar surface area (TPSA) is 72.5 Å². The molecule has 0 aliphatic carbocycles. The van der Waals surface area contributed by atoms with Crippen molar-refractivity contribution in [2.24, 2.45) is 0 Å². The average molecular weight is 424 g/mol. The summed E-state index contributed by atoms with van der Waals surface area (Å²) in [5.74, 6) is 0.670. The summed E-state index contributed by atoms with van der Waals surface area (Å²) in [6.45, 7) is 0. The molecule has 29 heavy (non-hydrogen) atoms. The lowest BCUT2D eigenvalue weighted by Gasteiger charge is -2.10. The van der Waals surface area contributed by atoms with Crippen molar-refractivity contribution in [3.05, 3.63) is 60.2 Å². The normalized spacial score (nSPS) is 10.7. The number of thiazole rings is 1. The van der Waals surface area contributed by atoms with Gasteiger partial charge in [-0.25, -0.2) is 4.98 Å². The Hall–Kier alpha value is -3.23. The van der Waals surface area contributed by atoms with Crippen molar-refractivity contribution in [2.45, 2.75) is 0 Å². The summed E-state index contributed by atoms with van der Waals surface area (Å²) in [5.41, 5.74) is 1.28. The van der Waals surface area contributed by atoms with Gasteiger partial charge in [-0.1, -0.05) is 41.7 Å². The maximum Gasteiger partial charge on any atom is 0.257 e. The first-order valence-corrected chi connectivity index (χ1v) is 9.93. The van der Waals surface area contributed by atoms with Gasteiger partial charge in [0.2, 0.25) is 0 Å². The number of carbonyl (C=O) groups excluding carboxylic acids is 1. The van der Waals surface area contributed by atoms with Crippen molar-refractivity contribution >= 4 is 60.7 Å². The van der Waals surface area contributed by atoms with E-state index >= 15 is 0 Å². The van der Waals surface area contributed by atoms with Gasteiger partial charge in [-0.15, -0.1) is 0 Å². The summed E-state index contributed by atoms with van der Waals surface area (Å²) in [5, 5.41) is 8.65. The quantitative estimate of drug-likeness (QED) is 0.468. The second kappa shape index (κ2) is 8.02. The number of ether oxygens (including phenoxy) is 2. The number of aromatic nitrogens is 1. The van der Waals surface area contributed by atoms with Crippen molar-refractivity contribution in [1.29, 1.82) is 0 Å². The van der Waals surface area contributed by atoms with Gasteiger partial charge in [-0.2, -0.15) is 0 Å². The number of amides is 1. The summed E-state index contributed by atoms with van der Waals surface area (Å²) in [4.78, 5) is 17.2. The monoisotopic (exact) mass is 423 g/mol. The van der Waals surface area contributed by atoms with Crippen molar-refractivity contribution < 1.29 is 14.3 Å². The van der Waals surface area contributed by atoms with Crippen LogP contribution in [0.3, 0.4) is 0 Å². The molecule has 0 aliphatic rings. The van der Waals surface area contributed by atoms with E-state index in [1.807, 2.05) is 24.3 Å². The van der Waals surface area contributed by atoms with Gasteiger partial charge in [0.15, 0.2) is 10.2 Å². The molecule has 4 rings (SSSR count). The van der Waals surface area contributed by atoms with Crippen molar-refractivity contribution in [3.63, 3.8) is 0 Å². The average Bonchev–Trinajstić information content (AvgIpc) is 3.16. The van der Waals surface area contributed by atoms with Crippen LogP contribution in [0.2, 0.25) is 0 Å². The van der Waals surface area contributed by atoms with Crippen LogP contribution in [0.5, 0.6) is 11.5 Å². The largest absolute Gasteiger partial charge is 0.497 e. The zero-order valence-electron chi connectivity index (χ0n) is 15.7. The molecule has 0 aliphatic heterocycles. The molecule has 0 bridgehead atoms. The lowest BCUT2D eigenvalue weighted by Crippen LogP contribution is -2.34. The minimum Gasteiger partial charge on any atom is -0.497 e. The van der Waals surface area contributed by atoms with Gasteiger partial charge in [0.05, 0.1) is 24.4 Å². The molecule has 1 heterocycles. The molecule has 2 N–H and O–H groups in total. The number of anilines is 1. The number of carbonyl (C=O) groups is 1. The van der Waals surface area contributed by atoms with Crippen molar-refractivity contribution in [2.75, 3.05) is 19.5 Å². The maximum atomic E-state index is 12.6. The molecule has 0 unspecified atom stereocenters. The van der Waals surface area contributed by atoms with E-state index in [-0.39, 0.29) is 11.0 Å². The molecule has 0 saturated carbocycles. The molecule has 0 spiro atoms. The first-order valence-electron chi connectivity index (χ1n) is 8.71. The molecular formula is C21H17N3O3S2. The van der Waals surface area contributed by atoms with E-state index < -0.39 is 0 Å². The molecule has 0 saturated heterocycles. The van der Waals surface area contributed by atoms with Crippen LogP contribution in [-0.2, 0) is 0 Å². The van der Waals surface area contributed by atoms with Crippen molar-refractivity contribution in [3.8, 4) is 11.5 Å². The molecule has 6 nitrogen and oxygen atoms in total. The fourth-order valence-electron chi connectivity index (χ4n) is 2.96. The molecule has 0 fully saturated rings. The Morgan fingerprint density at radius 3 is 2.48 bits per heavy atom. The Balaban J connectivity index is 1.52. The molecular weight excluding hydrogens is 406 g/mol. The van der Waals surface area contributed by atoms with Gasteiger partial charge in [0, 0.05) is 17.0 Å². The number of rotatable bonds is 4. The lowest BCUT2D eigenvalue weighted by atomic mass is 10.1. The zero-order valence-corrected chi connectivity index (χ0v) is 17.3. The Labute approximate surface area is 176 Å². The van der Waals surface area contributed by atoms with E-state index in [1.165, 1.54) is 25.6 Å². The van der Waals surface area contributed by atoms with E-state index in [0.717, 1.165) is 21.0 Å². The van der Waals surface area contributed by atoms with Crippen LogP contribution in [0.1, 0.15) is 10.4 Å². The molecule has 4 aromatic rings. The van der Waals surface area contributed by atoms with E-state index in [1.54, 1.807) is 18.2 Å². The molecule has 0 radical (unpaired) electrons. The Morgan fingerprint density at radius 2 is 1.76 bits per heavy atom. The highest BCUT2D eigenvalue weighted by atomic mass is 32.1. The number of thiocarbonyl (C=S) groups is 1. The number of nitrogens with one attached hydrogen (secondary N) is 2. The van der Waals surface area contributed by atoms with Crippen LogP contribution < -0.4 is 20.1 Å². The summed E-state index contributed by atoms with van der Waals surface area (Å²) in [6, 6.07) is 17.1. The summed E-state index contributed by atoms with van der Waals surface area (Å²) < 4.78 is 11.4. The van der Waals surface area contributed by atoms with Crippen LogP contribution in [-0.4, -0.2) is 30.2 Å². The summed E-state index contributed by atoms with van der Waals surface area (Å²) >= 11 is 6.77. The summed E-state index contributed by atoms with van der Waals surface area (Å²) in [6.07, 6.45) is 0. The lowest BCUT2D eigenvalue weighted by molar-refractivity contribution is 0.0977. The molecule has 146 valence electrons. The standard InChI is InChI=1S/C21H17N3O3S2/c1-26-14-9-13(10-15(11-14)27-2)19(25)23-20(28)24-21-22-18-16-6-4-3-5-12(16)7-8-17(18)29-21/h3-11H,1-2H3,(H2,22,23,24,25,28). The predicted octanol–water partition coefficient (Wildman–Crippen LogP) is 4.59. The van der Waals surface area contributed by atoms with Gasteiger partial charge in [0.25, 0.3) is 5.91 Å². The summed E-state index contributed by atoms with van der Waals surface area (Å²) in [7, 11) is 3.05. The smallest absolute Gasteiger partial charge is 0.257 e. The predicted molar refractivity (Wildman–Crippen MR) is 120 cm³/mol. The fraction of sp³-hybridized carbons (Fsp3) is 0.0952. The van der Waals surface area contributed by atoms with Crippen LogP contribution in [0, 0.1) is 0 Å². The third-order valence-electron chi connectivity index (χ3n) is 4.34. The molecule has 8 heteroatoms. The zero-order chi connectivity index (χ0) is 20.4. The number of fused-ring (bicyclic) bond motifs is 3. The van der Waals surface area contributed by atoms with Gasteiger partial charge in [0.1, 0.15) is 11.5 Å². The number of hydrogen-bond acceptors (Lipinski definition) is 6. The van der Waals surface area contributed by atoms with Crippen molar-refractivity contribution in [1.82, 2.24) is 10.3 Å². The highest BCUT2D eigenvalue weighted by Gasteiger charge is 2.13. The molecule has 1 aromatic heterocycles. The van der Waals surface area contributed by atoms with Gasteiger partial charge in [-0.3, -0.25) is 10.1 Å². The number of nitrogens with zero attached hydrogens (tertiary/aromatic N) is 1. The van der Waals surface area contributed by atoms with Gasteiger partial charge < -0.3 is 14.8 Å². The highest BCUT2D eigenvalue weighted by molar-refractivity contribution is 7.80. The van der Waals surface area contributed by atoms with Gasteiger partial charge in [-0.05, 0) is 35.8 Å². The second-order valence-electron chi connectivity index (χ2n) is 6.16. The molecule has 3 aromatic carbocycles. The Morgan fingerprint density at radius 1 is 1.03 bits per heavy atom. The minimum atomic E-state index is -0.369. The Bertz CT molecular complexity index is 1210. The van der Waals surface area contributed by atoms with Gasteiger partial charge >= 0.3 is 0 Å². The number of benzene rings is 3. The van der Waals surface area contributed by atoms with E-state index in [0.29, 0.717) is 22.2 Å². The molecule has 1 amide bonds. The first-order chi connectivity index (χ1) is 14.1. The van der Waals surface area contributed by atoms with Crippen LogP contribution >= 0.6 is 23.6 Å². The SMILES string of the molecule is COc1cc(OC)cc(C(=O)NC(=S)Nc2nc3c(ccc4ccccc43)s2)c1. The van der Waals surface area contributed by atoms with Crippen LogP contribution in [0.15, 0.2) is 54.6 Å². The number of methoxy groups -OCH3 is 2. The second-order valence-corrected chi connectivity index (χ2v) is 7.60. The maximum absolute atomic E-state index is 12.6. The Kier molecular flexibility index (Phi) is 5.28. The van der Waals surface area contributed by atoms with E-state index in [4.69, 9.17) is 21.7 Å². The van der Waals surface area contributed by atoms with Crippen LogP contribution in [0.25, 0.3) is 21.0 Å². The third-order valence-corrected chi connectivity index (χ3v) is 5.48. The minimum absolute atomic E-state index is 0.167. The molecule has 0 atom stereocenters. The fourth-order valence-corrected chi connectivity index (χ4v) is 4.10. The van der Waals surface area contributed by atoms with Crippen LogP contribution in [0.4, 0.5) is 5.13 Å². The van der Waals surface area contributed by atoms with E-state index in [9.17, 15) is 4.79 Å². The number of hydrogen-bond donors (Lipinski definition) is 2. The highest BCUT2D eigenvalue weighted by Crippen LogP contribution is 2.31. The third kappa shape index (κ3) is 3.98. The first kappa shape index (κ1) is 19.1. The van der Waals surface area contributed by atoms with E-state index in [2.05, 4.69) is 27.8 Å².